The molecule has 110 valence electrons. The highest BCUT2D eigenvalue weighted by molar-refractivity contribution is 5.97. The number of esters is 1. The highest BCUT2D eigenvalue weighted by Crippen LogP contribution is 2.31. The van der Waals surface area contributed by atoms with Crippen molar-refractivity contribution in [2.24, 2.45) is 11.8 Å². The molecule has 5 nitrogen and oxygen atoms in total. The van der Waals surface area contributed by atoms with Crippen molar-refractivity contribution in [1.29, 1.82) is 0 Å². The summed E-state index contributed by atoms with van der Waals surface area (Å²) in [6.07, 6.45) is 5.41. The summed E-state index contributed by atoms with van der Waals surface area (Å²) < 4.78 is 4.98. The molecule has 0 radical (unpaired) electrons. The van der Waals surface area contributed by atoms with Gasteiger partial charge in [-0.3, -0.25) is 0 Å². The van der Waals surface area contributed by atoms with E-state index in [-0.39, 0.29) is 0 Å². The zero-order chi connectivity index (χ0) is 14.5. The number of carbonyl (C=O) groups is 1. The van der Waals surface area contributed by atoms with Gasteiger partial charge in [-0.05, 0) is 31.2 Å². The molecule has 0 saturated heterocycles. The largest absolute Gasteiger partial charge is 0.462 e. The molecule has 20 heavy (non-hydrogen) atoms. The van der Waals surface area contributed by atoms with Crippen molar-refractivity contribution in [3.8, 4) is 0 Å². The zero-order valence-corrected chi connectivity index (χ0v) is 12.2. The number of hydrogen-bond donors (Lipinski definition) is 2. The summed E-state index contributed by atoms with van der Waals surface area (Å²) in [6.45, 7) is 5.24. The summed E-state index contributed by atoms with van der Waals surface area (Å²) in [6, 6.07) is 1.59. The Balaban J connectivity index is 2.04. The number of rotatable bonds is 5. The van der Waals surface area contributed by atoms with Crippen LogP contribution in [0.3, 0.4) is 0 Å². The van der Waals surface area contributed by atoms with Gasteiger partial charge in [0.15, 0.2) is 0 Å². The number of nitrogen functional groups attached to an aromatic ring is 1. The van der Waals surface area contributed by atoms with Crippen LogP contribution in [0.25, 0.3) is 0 Å². The van der Waals surface area contributed by atoms with Gasteiger partial charge in [0.1, 0.15) is 5.82 Å². The minimum atomic E-state index is -0.398. The monoisotopic (exact) mass is 277 g/mol. The number of aromatic nitrogens is 1. The van der Waals surface area contributed by atoms with Gasteiger partial charge in [-0.15, -0.1) is 0 Å². The number of nitrogens with two attached hydrogens (primary N) is 1. The van der Waals surface area contributed by atoms with E-state index in [1.165, 1.54) is 19.3 Å². The zero-order valence-electron chi connectivity index (χ0n) is 12.2. The number of carbonyl (C=O) groups excluding carboxylic acids is 1. The Labute approximate surface area is 119 Å². The Hall–Kier alpha value is -1.78. The summed E-state index contributed by atoms with van der Waals surface area (Å²) in [5.41, 5.74) is 6.76. The average molecular weight is 277 g/mol. The van der Waals surface area contributed by atoms with E-state index in [1.807, 2.05) is 0 Å². The van der Waals surface area contributed by atoms with Crippen molar-refractivity contribution in [2.75, 3.05) is 24.2 Å². The van der Waals surface area contributed by atoms with Gasteiger partial charge in [0.25, 0.3) is 0 Å². The highest BCUT2D eigenvalue weighted by atomic mass is 16.5. The van der Waals surface area contributed by atoms with Gasteiger partial charge in [0, 0.05) is 12.7 Å². The molecule has 1 fully saturated rings. The minimum absolute atomic E-state index is 0.336. The Morgan fingerprint density at radius 2 is 2.35 bits per heavy atom. The lowest BCUT2D eigenvalue weighted by Crippen LogP contribution is -2.19. The lowest BCUT2D eigenvalue weighted by molar-refractivity contribution is 0.0527. The fourth-order valence-corrected chi connectivity index (χ4v) is 2.75. The van der Waals surface area contributed by atoms with Gasteiger partial charge in [0.2, 0.25) is 0 Å². The first kappa shape index (κ1) is 14.6. The van der Waals surface area contributed by atoms with Crippen molar-refractivity contribution in [1.82, 2.24) is 4.98 Å². The summed E-state index contributed by atoms with van der Waals surface area (Å²) in [7, 11) is 0. The normalized spacial score (nSPS) is 21.7. The van der Waals surface area contributed by atoms with E-state index in [2.05, 4.69) is 17.2 Å². The van der Waals surface area contributed by atoms with Crippen LogP contribution in [-0.2, 0) is 4.74 Å². The molecular weight excluding hydrogens is 254 g/mol. The molecule has 3 N–H and O–H groups in total. The summed E-state index contributed by atoms with van der Waals surface area (Å²) in [5.74, 6) is 1.57. The molecule has 0 aromatic carbocycles. The van der Waals surface area contributed by atoms with Gasteiger partial charge < -0.3 is 15.8 Å². The van der Waals surface area contributed by atoms with Crippen LogP contribution in [0.15, 0.2) is 12.3 Å². The Kier molecular flexibility index (Phi) is 4.82. The van der Waals surface area contributed by atoms with E-state index < -0.39 is 5.97 Å². The maximum absolute atomic E-state index is 11.8. The van der Waals surface area contributed by atoms with Crippen LogP contribution >= 0.6 is 0 Å². The van der Waals surface area contributed by atoms with Crippen LogP contribution in [0.1, 0.15) is 43.5 Å². The molecule has 0 amide bonds. The predicted molar refractivity (Wildman–Crippen MR) is 79.6 cm³/mol. The summed E-state index contributed by atoms with van der Waals surface area (Å²) >= 11 is 0. The third-order valence-corrected chi connectivity index (χ3v) is 4.06. The molecule has 2 unspecified atom stereocenters. The molecule has 1 aromatic heterocycles. The number of ether oxygens (including phenoxy) is 1. The molecule has 5 heteroatoms. The quantitative estimate of drug-likeness (QED) is 0.809. The third kappa shape index (κ3) is 3.21. The lowest BCUT2D eigenvalue weighted by atomic mass is 9.98. The van der Waals surface area contributed by atoms with Gasteiger partial charge in [-0.25, -0.2) is 9.78 Å². The van der Waals surface area contributed by atoms with Crippen LogP contribution in [-0.4, -0.2) is 24.1 Å². The van der Waals surface area contributed by atoms with Crippen LogP contribution in [0, 0.1) is 11.8 Å². The van der Waals surface area contributed by atoms with Crippen molar-refractivity contribution in [3.05, 3.63) is 17.8 Å². The molecule has 0 bridgehead atoms. The topological polar surface area (TPSA) is 77.2 Å². The van der Waals surface area contributed by atoms with E-state index in [0.29, 0.717) is 29.6 Å². The molecule has 2 rings (SSSR count). The maximum Gasteiger partial charge on any atom is 0.340 e. The molecule has 0 aliphatic heterocycles. The van der Waals surface area contributed by atoms with E-state index in [1.54, 1.807) is 19.2 Å². The first-order valence-corrected chi connectivity index (χ1v) is 7.29. The molecule has 2 atom stereocenters. The second-order valence-corrected chi connectivity index (χ2v) is 5.39. The van der Waals surface area contributed by atoms with Gasteiger partial charge in [0.05, 0.1) is 17.9 Å². The third-order valence-electron chi connectivity index (χ3n) is 4.06. The number of pyridine rings is 1. The Morgan fingerprint density at radius 1 is 1.55 bits per heavy atom. The minimum Gasteiger partial charge on any atom is -0.462 e. The molecule has 1 aromatic rings. The SMILES string of the molecule is CCOC(=O)c1ccnc(NCC2CCCC2C)c1N. The fraction of sp³-hybridized carbons (Fsp3) is 0.600. The predicted octanol–water partition coefficient (Wildman–Crippen LogP) is 2.69. The van der Waals surface area contributed by atoms with Crippen LogP contribution in [0.4, 0.5) is 11.5 Å². The van der Waals surface area contributed by atoms with Gasteiger partial charge >= 0.3 is 5.97 Å². The van der Waals surface area contributed by atoms with Crippen LogP contribution in [0.2, 0.25) is 0 Å². The smallest absolute Gasteiger partial charge is 0.340 e. The standard InChI is InChI=1S/C15H23N3O2/c1-3-20-15(19)12-7-8-17-14(13(12)16)18-9-11-6-4-5-10(11)2/h7-8,10-11H,3-6,9,16H2,1-2H3,(H,17,18). The lowest BCUT2D eigenvalue weighted by Gasteiger charge is -2.17. The van der Waals surface area contributed by atoms with Crippen molar-refractivity contribution in [2.45, 2.75) is 33.1 Å². The van der Waals surface area contributed by atoms with Crippen LogP contribution in [0.5, 0.6) is 0 Å². The van der Waals surface area contributed by atoms with Crippen molar-refractivity contribution in [3.63, 3.8) is 0 Å². The molecule has 1 aliphatic carbocycles. The van der Waals surface area contributed by atoms with Gasteiger partial charge in [-0.2, -0.15) is 0 Å². The molecule has 1 heterocycles. The number of hydrogen-bond acceptors (Lipinski definition) is 5. The van der Waals surface area contributed by atoms with Crippen molar-refractivity contribution < 1.29 is 9.53 Å². The molecule has 0 spiro atoms. The molecule has 1 saturated carbocycles. The average Bonchev–Trinajstić information content (AvgIpc) is 2.83. The van der Waals surface area contributed by atoms with Crippen molar-refractivity contribution >= 4 is 17.5 Å². The maximum atomic E-state index is 11.8. The van der Waals surface area contributed by atoms with E-state index in [9.17, 15) is 4.79 Å². The molecule has 1 aliphatic rings. The first-order chi connectivity index (χ1) is 9.63. The Bertz CT molecular complexity index is 476. The number of anilines is 2. The molecular formula is C15H23N3O2. The van der Waals surface area contributed by atoms with Gasteiger partial charge in [-0.1, -0.05) is 19.8 Å². The summed E-state index contributed by atoms with van der Waals surface area (Å²) in [4.78, 5) is 16.0. The summed E-state index contributed by atoms with van der Waals surface area (Å²) in [5, 5.41) is 3.28. The Morgan fingerprint density at radius 3 is 3.00 bits per heavy atom. The number of nitrogens with zero attached hydrogens (tertiary/aromatic N) is 1. The van der Waals surface area contributed by atoms with E-state index in [4.69, 9.17) is 10.5 Å². The first-order valence-electron chi connectivity index (χ1n) is 7.29. The highest BCUT2D eigenvalue weighted by Gasteiger charge is 2.23. The second-order valence-electron chi connectivity index (χ2n) is 5.39. The second kappa shape index (κ2) is 6.59. The van der Waals surface area contributed by atoms with Crippen LogP contribution < -0.4 is 11.1 Å². The van der Waals surface area contributed by atoms with E-state index >= 15 is 0 Å². The number of nitrogens with one attached hydrogen (secondary N) is 1. The van der Waals surface area contributed by atoms with E-state index in [0.717, 1.165) is 12.5 Å². The fourth-order valence-electron chi connectivity index (χ4n) is 2.75.